The molecule has 0 bridgehead atoms. The minimum atomic E-state index is 0.253. The highest BCUT2D eigenvalue weighted by Gasteiger charge is 2.21. The Morgan fingerprint density at radius 3 is 2.62 bits per heavy atom. The predicted octanol–water partition coefficient (Wildman–Crippen LogP) is 2.39. The van der Waals surface area contributed by atoms with Gasteiger partial charge in [0.05, 0.1) is 7.11 Å². The first-order valence-corrected chi connectivity index (χ1v) is 8.42. The van der Waals surface area contributed by atoms with Gasteiger partial charge in [0.1, 0.15) is 5.75 Å². The Balaban J connectivity index is 1.72. The lowest BCUT2D eigenvalue weighted by Crippen LogP contribution is -2.44. The van der Waals surface area contributed by atoms with E-state index in [4.69, 9.17) is 4.74 Å². The van der Waals surface area contributed by atoms with E-state index in [1.165, 1.54) is 4.90 Å². The smallest absolute Gasteiger partial charge is 0.223 e. The van der Waals surface area contributed by atoms with Crippen LogP contribution in [0.25, 0.3) is 0 Å². The van der Waals surface area contributed by atoms with Crippen LogP contribution in [0.1, 0.15) is 19.3 Å². The molecule has 0 aliphatic carbocycles. The monoisotopic (exact) mass is 308 g/mol. The third-order valence-corrected chi connectivity index (χ3v) is 4.91. The molecule has 0 atom stereocenters. The second kappa shape index (κ2) is 8.29. The molecule has 1 N–H and O–H groups in total. The van der Waals surface area contributed by atoms with E-state index < -0.39 is 0 Å². The quantitative estimate of drug-likeness (QED) is 0.819. The van der Waals surface area contributed by atoms with Gasteiger partial charge in [0.25, 0.3) is 0 Å². The van der Waals surface area contributed by atoms with Crippen molar-refractivity contribution in [1.82, 2.24) is 10.2 Å². The van der Waals surface area contributed by atoms with Gasteiger partial charge in [-0.1, -0.05) is 0 Å². The summed E-state index contributed by atoms with van der Waals surface area (Å²) in [6, 6.07) is 8.37. The van der Waals surface area contributed by atoms with Crippen molar-refractivity contribution >= 4 is 17.7 Å². The minimum absolute atomic E-state index is 0.253. The van der Waals surface area contributed by atoms with Crippen molar-refractivity contribution in [2.24, 2.45) is 0 Å². The van der Waals surface area contributed by atoms with E-state index in [-0.39, 0.29) is 5.91 Å². The van der Waals surface area contributed by atoms with Crippen LogP contribution in [0.4, 0.5) is 0 Å². The molecular weight excluding hydrogens is 284 g/mol. The lowest BCUT2D eigenvalue weighted by Gasteiger charge is -2.31. The number of ether oxygens (including phenoxy) is 1. The summed E-state index contributed by atoms with van der Waals surface area (Å²) in [7, 11) is 3.60. The molecule has 1 aliphatic heterocycles. The van der Waals surface area contributed by atoms with Crippen LogP contribution in [0.2, 0.25) is 0 Å². The van der Waals surface area contributed by atoms with Crippen LogP contribution in [-0.2, 0) is 4.79 Å². The van der Waals surface area contributed by atoms with Gasteiger partial charge >= 0.3 is 0 Å². The first-order valence-electron chi connectivity index (χ1n) is 7.44. The van der Waals surface area contributed by atoms with Gasteiger partial charge in [-0.3, -0.25) is 4.79 Å². The standard InChI is InChI=1S/C16H24N2O2S/c1-18(13-7-10-17-11-8-13)16(19)9-12-21-15-5-3-14(20-2)4-6-15/h3-6,13,17H,7-12H2,1-2H3. The van der Waals surface area contributed by atoms with Crippen LogP contribution in [0, 0.1) is 0 Å². The molecule has 0 aromatic heterocycles. The zero-order valence-electron chi connectivity index (χ0n) is 12.8. The summed E-state index contributed by atoms with van der Waals surface area (Å²) in [5, 5.41) is 3.33. The first kappa shape index (κ1) is 16.2. The van der Waals surface area contributed by atoms with Crippen molar-refractivity contribution in [3.05, 3.63) is 24.3 Å². The van der Waals surface area contributed by atoms with E-state index in [1.54, 1.807) is 18.9 Å². The van der Waals surface area contributed by atoms with E-state index in [1.807, 2.05) is 36.2 Å². The van der Waals surface area contributed by atoms with Gasteiger partial charge in [0.2, 0.25) is 5.91 Å². The molecule has 0 spiro atoms. The Bertz CT molecular complexity index is 444. The van der Waals surface area contributed by atoms with Crippen LogP contribution >= 0.6 is 11.8 Å². The predicted molar refractivity (Wildman–Crippen MR) is 87.0 cm³/mol. The summed E-state index contributed by atoms with van der Waals surface area (Å²) in [5.41, 5.74) is 0. The SMILES string of the molecule is COc1ccc(SCCC(=O)N(C)C2CCNCC2)cc1. The fraction of sp³-hybridized carbons (Fsp3) is 0.562. The molecule has 0 unspecified atom stereocenters. The molecular formula is C16H24N2O2S. The number of rotatable bonds is 6. The number of benzene rings is 1. The van der Waals surface area contributed by atoms with E-state index in [0.29, 0.717) is 12.5 Å². The van der Waals surface area contributed by atoms with Crippen LogP contribution in [-0.4, -0.2) is 49.8 Å². The van der Waals surface area contributed by atoms with Gasteiger partial charge in [-0.25, -0.2) is 0 Å². The summed E-state index contributed by atoms with van der Waals surface area (Å²) in [6.45, 7) is 2.03. The number of methoxy groups -OCH3 is 1. The number of carbonyl (C=O) groups is 1. The number of nitrogens with zero attached hydrogens (tertiary/aromatic N) is 1. The van der Waals surface area contributed by atoms with Gasteiger partial charge in [-0.05, 0) is 50.2 Å². The first-order chi connectivity index (χ1) is 10.2. The molecule has 4 nitrogen and oxygen atoms in total. The zero-order chi connectivity index (χ0) is 15.1. The van der Waals surface area contributed by atoms with Crippen LogP contribution in [0.5, 0.6) is 5.75 Å². The lowest BCUT2D eigenvalue weighted by atomic mass is 10.1. The molecule has 1 saturated heterocycles. The average Bonchev–Trinajstić information content (AvgIpc) is 2.55. The molecule has 0 saturated carbocycles. The molecule has 1 aliphatic rings. The van der Waals surface area contributed by atoms with Crippen molar-refractivity contribution in [3.8, 4) is 5.75 Å². The van der Waals surface area contributed by atoms with Gasteiger partial charge in [-0.2, -0.15) is 0 Å². The maximum Gasteiger partial charge on any atom is 0.223 e. The molecule has 1 aromatic carbocycles. The maximum absolute atomic E-state index is 12.2. The Kier molecular flexibility index (Phi) is 6.39. The number of amides is 1. The molecule has 1 heterocycles. The number of piperidine rings is 1. The Morgan fingerprint density at radius 2 is 2.00 bits per heavy atom. The minimum Gasteiger partial charge on any atom is -0.497 e. The largest absolute Gasteiger partial charge is 0.497 e. The summed E-state index contributed by atoms with van der Waals surface area (Å²) in [4.78, 5) is 15.3. The molecule has 2 rings (SSSR count). The summed E-state index contributed by atoms with van der Waals surface area (Å²) >= 11 is 1.72. The normalized spacial score (nSPS) is 15.7. The van der Waals surface area contributed by atoms with Crippen molar-refractivity contribution in [2.45, 2.75) is 30.2 Å². The number of carbonyl (C=O) groups excluding carboxylic acids is 1. The summed E-state index contributed by atoms with van der Waals surface area (Å²) in [6.07, 6.45) is 2.72. The Morgan fingerprint density at radius 1 is 1.33 bits per heavy atom. The van der Waals surface area contributed by atoms with Crippen LogP contribution in [0.3, 0.4) is 0 Å². The highest BCUT2D eigenvalue weighted by atomic mass is 32.2. The highest BCUT2D eigenvalue weighted by molar-refractivity contribution is 7.99. The highest BCUT2D eigenvalue weighted by Crippen LogP contribution is 2.22. The van der Waals surface area contributed by atoms with Crippen molar-refractivity contribution in [3.63, 3.8) is 0 Å². The summed E-state index contributed by atoms with van der Waals surface area (Å²) in [5.74, 6) is 1.93. The molecule has 21 heavy (non-hydrogen) atoms. The van der Waals surface area contributed by atoms with Crippen molar-refractivity contribution in [1.29, 1.82) is 0 Å². The van der Waals surface area contributed by atoms with Crippen molar-refractivity contribution < 1.29 is 9.53 Å². The molecule has 5 heteroatoms. The molecule has 1 fully saturated rings. The van der Waals surface area contributed by atoms with Crippen LogP contribution in [0.15, 0.2) is 29.2 Å². The van der Waals surface area contributed by atoms with Crippen LogP contribution < -0.4 is 10.1 Å². The molecule has 1 aromatic rings. The Hall–Kier alpha value is -1.20. The molecule has 0 radical (unpaired) electrons. The Labute approximate surface area is 131 Å². The third kappa shape index (κ3) is 4.93. The average molecular weight is 308 g/mol. The third-order valence-electron chi connectivity index (χ3n) is 3.89. The number of hydrogen-bond acceptors (Lipinski definition) is 4. The second-order valence-corrected chi connectivity index (χ2v) is 6.43. The maximum atomic E-state index is 12.2. The van der Waals surface area contributed by atoms with Crippen molar-refractivity contribution in [2.75, 3.05) is 33.0 Å². The van der Waals surface area contributed by atoms with E-state index >= 15 is 0 Å². The fourth-order valence-electron chi connectivity index (χ4n) is 2.50. The van der Waals surface area contributed by atoms with E-state index in [2.05, 4.69) is 5.32 Å². The summed E-state index contributed by atoms with van der Waals surface area (Å²) < 4.78 is 5.14. The lowest BCUT2D eigenvalue weighted by molar-refractivity contribution is -0.131. The molecule has 116 valence electrons. The second-order valence-electron chi connectivity index (χ2n) is 5.26. The number of nitrogens with one attached hydrogen (secondary N) is 1. The van der Waals surface area contributed by atoms with E-state index in [9.17, 15) is 4.79 Å². The van der Waals surface area contributed by atoms with Gasteiger partial charge in [-0.15, -0.1) is 11.8 Å². The zero-order valence-corrected chi connectivity index (χ0v) is 13.6. The number of thioether (sulfide) groups is 1. The van der Waals surface area contributed by atoms with E-state index in [0.717, 1.165) is 37.4 Å². The topological polar surface area (TPSA) is 41.6 Å². The van der Waals surface area contributed by atoms with Gasteiger partial charge in [0, 0.05) is 30.2 Å². The van der Waals surface area contributed by atoms with Gasteiger partial charge in [0.15, 0.2) is 0 Å². The fourth-order valence-corrected chi connectivity index (χ4v) is 3.34. The molecule has 1 amide bonds. The van der Waals surface area contributed by atoms with Gasteiger partial charge < -0.3 is 15.0 Å². The number of hydrogen-bond donors (Lipinski definition) is 1.